The van der Waals surface area contributed by atoms with Crippen molar-refractivity contribution in [3.05, 3.63) is 101 Å². The second-order valence-electron chi connectivity index (χ2n) is 11.1. The Kier molecular flexibility index (Phi) is 13.4. The fourth-order valence-electron chi connectivity index (χ4n) is 5.97. The number of allylic oxidation sites excluding steroid dienone is 3. The predicted octanol–water partition coefficient (Wildman–Crippen LogP) is 6.94. The predicted molar refractivity (Wildman–Crippen MR) is 185 cm³/mol. The molecule has 240 valence electrons. The third-order valence-corrected chi connectivity index (χ3v) is 8.73. The van der Waals surface area contributed by atoms with Crippen LogP contribution in [0.4, 0.5) is 5.82 Å². The number of amides is 1. The number of rotatable bonds is 15. The summed E-state index contributed by atoms with van der Waals surface area (Å²) in [6.45, 7) is 12.1. The van der Waals surface area contributed by atoms with Crippen LogP contribution in [0.15, 0.2) is 85.0 Å². The van der Waals surface area contributed by atoms with Crippen LogP contribution in [0.2, 0.25) is 5.02 Å². The summed E-state index contributed by atoms with van der Waals surface area (Å²) in [6.07, 6.45) is 9.60. The Morgan fingerprint density at radius 2 is 1.78 bits per heavy atom. The quantitative estimate of drug-likeness (QED) is 0.105. The molecule has 1 fully saturated rings. The van der Waals surface area contributed by atoms with Crippen molar-refractivity contribution in [2.24, 2.45) is 5.92 Å². The topological polar surface area (TPSA) is 82.6 Å². The molecule has 4 rings (SSSR count). The molecule has 8 nitrogen and oxygen atoms in total. The molecule has 3 aromatic rings. The summed E-state index contributed by atoms with van der Waals surface area (Å²) >= 11 is 12.2. The number of hydroxylamine groups is 1. The van der Waals surface area contributed by atoms with Crippen LogP contribution >= 0.6 is 23.2 Å². The van der Waals surface area contributed by atoms with E-state index in [0.29, 0.717) is 29.1 Å². The number of nitrogens with zero attached hydrogens (tertiary/aromatic N) is 4. The number of carbonyl (C=O) groups is 1. The first-order valence-electron chi connectivity index (χ1n) is 15.5. The van der Waals surface area contributed by atoms with Gasteiger partial charge in [0.05, 0.1) is 25.2 Å². The van der Waals surface area contributed by atoms with E-state index in [9.17, 15) is 4.79 Å². The van der Waals surface area contributed by atoms with E-state index in [1.807, 2.05) is 54.6 Å². The summed E-state index contributed by atoms with van der Waals surface area (Å²) in [5.74, 6) is 1.70. The summed E-state index contributed by atoms with van der Waals surface area (Å²) in [4.78, 5) is 32.7. The number of para-hydroxylation sites is 1. The smallest absolute Gasteiger partial charge is 0.266 e. The first-order valence-corrected chi connectivity index (χ1v) is 16.5. The monoisotopic (exact) mass is 650 g/mol. The van der Waals surface area contributed by atoms with Gasteiger partial charge in [-0.15, -0.1) is 11.6 Å². The third-order valence-electron chi connectivity index (χ3n) is 8.30. The Balaban J connectivity index is 1.56. The van der Waals surface area contributed by atoms with Crippen molar-refractivity contribution in [2.45, 2.75) is 45.3 Å². The second-order valence-corrected chi connectivity index (χ2v) is 11.8. The minimum Gasteiger partial charge on any atom is -0.357 e. The van der Waals surface area contributed by atoms with Gasteiger partial charge in [-0.1, -0.05) is 93.4 Å². The highest BCUT2D eigenvalue weighted by atomic mass is 35.5. The van der Waals surface area contributed by atoms with E-state index < -0.39 is 6.04 Å². The molecule has 2 aromatic carbocycles. The summed E-state index contributed by atoms with van der Waals surface area (Å²) < 4.78 is 0. The van der Waals surface area contributed by atoms with E-state index in [1.165, 1.54) is 12.7 Å². The zero-order valence-corrected chi connectivity index (χ0v) is 27.9. The lowest BCUT2D eigenvalue weighted by Crippen LogP contribution is -2.47. The van der Waals surface area contributed by atoms with E-state index in [1.54, 1.807) is 0 Å². The van der Waals surface area contributed by atoms with Crippen LogP contribution in [0.3, 0.4) is 0 Å². The molecule has 2 unspecified atom stereocenters. The van der Waals surface area contributed by atoms with Crippen LogP contribution in [0.5, 0.6) is 0 Å². The van der Waals surface area contributed by atoms with Crippen molar-refractivity contribution in [2.75, 3.05) is 44.5 Å². The van der Waals surface area contributed by atoms with Crippen molar-refractivity contribution in [3.63, 3.8) is 0 Å². The van der Waals surface area contributed by atoms with Crippen molar-refractivity contribution in [1.29, 1.82) is 0 Å². The normalized spacial score (nSPS) is 16.3. The Morgan fingerprint density at radius 1 is 1.07 bits per heavy atom. The first kappa shape index (κ1) is 34.6. The van der Waals surface area contributed by atoms with E-state index in [2.05, 4.69) is 59.2 Å². The fraction of sp³-hybridized carbons (Fsp3) is 0.400. The zero-order chi connectivity index (χ0) is 32.2. The fourth-order valence-corrected chi connectivity index (χ4v) is 6.18. The Labute approximate surface area is 277 Å². The Bertz CT molecular complexity index is 1470. The maximum Gasteiger partial charge on any atom is 0.266 e. The Hall–Kier alpha value is -3.27. The van der Waals surface area contributed by atoms with Crippen molar-refractivity contribution in [1.82, 2.24) is 25.2 Å². The molecule has 0 radical (unpaired) electrons. The number of benzene rings is 2. The number of fused-ring (bicyclic) bond motifs is 1. The Morgan fingerprint density at radius 3 is 2.42 bits per heavy atom. The van der Waals surface area contributed by atoms with Crippen molar-refractivity contribution < 1.29 is 9.63 Å². The van der Waals surface area contributed by atoms with Gasteiger partial charge in [0, 0.05) is 42.5 Å². The van der Waals surface area contributed by atoms with Gasteiger partial charge in [-0.05, 0) is 41.3 Å². The van der Waals surface area contributed by atoms with Crippen LogP contribution in [-0.2, 0) is 16.2 Å². The van der Waals surface area contributed by atoms with Gasteiger partial charge in [-0.25, -0.2) is 15.4 Å². The lowest BCUT2D eigenvalue weighted by molar-refractivity contribution is -0.133. The minimum absolute atomic E-state index is 0.0369. The highest BCUT2D eigenvalue weighted by Gasteiger charge is 2.29. The summed E-state index contributed by atoms with van der Waals surface area (Å²) in [6, 6.07) is 15.5. The van der Waals surface area contributed by atoms with Crippen LogP contribution in [-0.4, -0.2) is 70.9 Å². The van der Waals surface area contributed by atoms with Gasteiger partial charge in [-0.3, -0.25) is 19.4 Å². The number of halogens is 2. The maximum atomic E-state index is 13.0. The molecule has 1 saturated heterocycles. The molecule has 0 saturated carbocycles. The number of hydrogen-bond donors (Lipinski definition) is 2. The average molecular weight is 652 g/mol. The van der Waals surface area contributed by atoms with Gasteiger partial charge in [0.2, 0.25) is 0 Å². The summed E-state index contributed by atoms with van der Waals surface area (Å²) in [5.41, 5.74) is 5.64. The molecule has 45 heavy (non-hydrogen) atoms. The number of piperazine rings is 1. The van der Waals surface area contributed by atoms with Gasteiger partial charge in [0.25, 0.3) is 5.91 Å². The molecule has 2 atom stereocenters. The standard InChI is InChI=1S/C35H44Cl2N6O2/c1-5-11-26(12-10-19-36)33(27-15-17-28(37)18-16-27)43-22-20-42(21-23-43)24-31-38-30-14-9-8-13-29(30)34(39-31)40-32(25(6-2)7-3)35(44)41-45-4/h5,8-18,25,32-33H,1,6-7,19-24H2,2-4H3,(H,41,44)(H,38,39,40)/b12-10-,26-11+. The minimum atomic E-state index is -0.495. The van der Waals surface area contributed by atoms with Gasteiger partial charge >= 0.3 is 0 Å². The van der Waals surface area contributed by atoms with Gasteiger partial charge in [0.1, 0.15) is 17.7 Å². The van der Waals surface area contributed by atoms with Crippen LogP contribution in [0, 0.1) is 5.92 Å². The molecule has 0 spiro atoms. The van der Waals surface area contributed by atoms with Crippen LogP contribution in [0.25, 0.3) is 10.9 Å². The highest BCUT2D eigenvalue weighted by molar-refractivity contribution is 6.30. The molecule has 0 bridgehead atoms. The number of alkyl halides is 1. The lowest BCUT2D eigenvalue weighted by Gasteiger charge is -2.40. The number of carbonyl (C=O) groups excluding carboxylic acids is 1. The maximum absolute atomic E-state index is 13.0. The number of aromatic nitrogens is 2. The molecule has 1 aliphatic heterocycles. The molecule has 2 heterocycles. The summed E-state index contributed by atoms with van der Waals surface area (Å²) in [7, 11) is 1.45. The first-order chi connectivity index (χ1) is 21.9. The van der Waals surface area contributed by atoms with E-state index in [4.69, 9.17) is 38.0 Å². The SMILES string of the molecule is C=C/C=C(\C=C/CCl)C(c1ccc(Cl)cc1)N1CCN(Cc2nc(NC(C(=O)NOC)C(CC)CC)c3ccccc3n2)CC1. The zero-order valence-electron chi connectivity index (χ0n) is 26.4. The molecule has 1 aromatic heterocycles. The number of hydrogen-bond acceptors (Lipinski definition) is 7. The molecule has 0 aliphatic carbocycles. The van der Waals surface area contributed by atoms with Crippen molar-refractivity contribution in [3.8, 4) is 0 Å². The van der Waals surface area contributed by atoms with E-state index in [-0.39, 0.29) is 17.9 Å². The molecular formula is C35H44Cl2N6O2. The molecule has 1 aliphatic rings. The molecule has 1 amide bonds. The van der Waals surface area contributed by atoms with Gasteiger partial charge in [0.15, 0.2) is 0 Å². The molecule has 2 N–H and O–H groups in total. The third kappa shape index (κ3) is 9.15. The van der Waals surface area contributed by atoms with Gasteiger partial charge in [-0.2, -0.15) is 0 Å². The van der Waals surface area contributed by atoms with Gasteiger partial charge < -0.3 is 5.32 Å². The van der Waals surface area contributed by atoms with E-state index >= 15 is 0 Å². The van der Waals surface area contributed by atoms with Crippen molar-refractivity contribution >= 4 is 45.8 Å². The molecule has 10 heteroatoms. The molecular weight excluding hydrogens is 607 g/mol. The largest absolute Gasteiger partial charge is 0.357 e. The second kappa shape index (κ2) is 17.4. The van der Waals surface area contributed by atoms with Crippen LogP contribution in [0.1, 0.15) is 44.1 Å². The van der Waals surface area contributed by atoms with E-state index in [0.717, 1.165) is 55.5 Å². The van der Waals surface area contributed by atoms with Crippen LogP contribution < -0.4 is 10.8 Å². The number of anilines is 1. The highest BCUT2D eigenvalue weighted by Crippen LogP contribution is 2.32. The summed E-state index contributed by atoms with van der Waals surface area (Å²) in [5, 5.41) is 5.05. The average Bonchev–Trinajstić information content (AvgIpc) is 3.05. The number of nitrogens with one attached hydrogen (secondary N) is 2. The lowest BCUT2D eigenvalue weighted by atomic mass is 9.93.